The quantitative estimate of drug-likeness (QED) is 0.690. The molecule has 0 bridgehead atoms. The van der Waals surface area contributed by atoms with Crippen molar-refractivity contribution in [3.05, 3.63) is 52.8 Å². The maximum atomic E-state index is 12.9. The van der Waals surface area contributed by atoms with Gasteiger partial charge in [0.05, 0.1) is 27.5 Å². The molecule has 27 heavy (non-hydrogen) atoms. The van der Waals surface area contributed by atoms with Crippen molar-refractivity contribution in [1.29, 1.82) is 0 Å². The predicted molar refractivity (Wildman–Crippen MR) is 99.1 cm³/mol. The van der Waals surface area contributed by atoms with E-state index in [-0.39, 0.29) is 16.3 Å². The number of amides is 1. The lowest BCUT2D eigenvalue weighted by atomic mass is 9.95. The van der Waals surface area contributed by atoms with E-state index >= 15 is 0 Å². The van der Waals surface area contributed by atoms with Crippen molar-refractivity contribution in [2.24, 2.45) is 0 Å². The van der Waals surface area contributed by atoms with Crippen LogP contribution in [0.15, 0.2) is 36.7 Å². The van der Waals surface area contributed by atoms with Crippen LogP contribution in [-0.4, -0.2) is 16.9 Å². The summed E-state index contributed by atoms with van der Waals surface area (Å²) in [5, 5.41) is 5.82. The van der Waals surface area contributed by atoms with Crippen LogP contribution in [0.5, 0.6) is 0 Å². The number of benzene rings is 1. The second kappa shape index (κ2) is 8.17. The largest absolute Gasteiger partial charge is 0.416 e. The summed E-state index contributed by atoms with van der Waals surface area (Å²) in [6.07, 6.45) is 4.17. The minimum absolute atomic E-state index is 0.0285. The van der Waals surface area contributed by atoms with Crippen LogP contribution in [0.1, 0.15) is 48.0 Å². The van der Waals surface area contributed by atoms with Crippen molar-refractivity contribution in [1.82, 2.24) is 4.98 Å². The van der Waals surface area contributed by atoms with Crippen molar-refractivity contribution < 1.29 is 18.0 Å². The molecular weight excluding hydrogens is 379 g/mol. The lowest BCUT2D eigenvalue weighted by Gasteiger charge is -2.23. The summed E-state index contributed by atoms with van der Waals surface area (Å²) < 4.78 is 38.6. The van der Waals surface area contributed by atoms with Gasteiger partial charge in [0.1, 0.15) is 0 Å². The Kier molecular flexibility index (Phi) is 5.89. The van der Waals surface area contributed by atoms with E-state index in [2.05, 4.69) is 15.6 Å². The molecule has 1 aromatic heterocycles. The van der Waals surface area contributed by atoms with Gasteiger partial charge < -0.3 is 10.6 Å². The zero-order chi connectivity index (χ0) is 19.4. The van der Waals surface area contributed by atoms with Crippen LogP contribution in [0.4, 0.5) is 24.5 Å². The number of rotatable bonds is 4. The van der Waals surface area contributed by atoms with Gasteiger partial charge in [0.25, 0.3) is 5.91 Å². The molecule has 0 saturated heterocycles. The molecule has 1 saturated carbocycles. The third-order valence-electron chi connectivity index (χ3n) is 4.52. The fraction of sp³-hybridized carbons (Fsp3) is 0.368. The highest BCUT2D eigenvalue weighted by molar-refractivity contribution is 6.34. The lowest BCUT2D eigenvalue weighted by Crippen LogP contribution is -2.22. The second-order valence-electron chi connectivity index (χ2n) is 6.59. The van der Waals surface area contributed by atoms with E-state index in [0.717, 1.165) is 31.0 Å². The zero-order valence-corrected chi connectivity index (χ0v) is 15.2. The van der Waals surface area contributed by atoms with E-state index in [1.165, 1.54) is 25.5 Å². The molecule has 1 heterocycles. The van der Waals surface area contributed by atoms with Crippen LogP contribution in [0.3, 0.4) is 0 Å². The smallest absolute Gasteiger partial charge is 0.381 e. The van der Waals surface area contributed by atoms with E-state index in [4.69, 9.17) is 11.6 Å². The van der Waals surface area contributed by atoms with Crippen LogP contribution in [-0.2, 0) is 6.18 Å². The Bertz CT molecular complexity index is 820. The van der Waals surface area contributed by atoms with Gasteiger partial charge in [-0.3, -0.25) is 9.78 Å². The molecule has 0 spiro atoms. The zero-order valence-electron chi connectivity index (χ0n) is 14.4. The number of carbonyl (C=O) groups is 1. The second-order valence-corrected chi connectivity index (χ2v) is 7.00. The Morgan fingerprint density at radius 1 is 1.11 bits per heavy atom. The summed E-state index contributed by atoms with van der Waals surface area (Å²) >= 11 is 5.93. The van der Waals surface area contributed by atoms with E-state index in [1.807, 2.05) is 0 Å². The molecule has 1 aromatic carbocycles. The maximum absolute atomic E-state index is 12.9. The first kappa shape index (κ1) is 19.5. The van der Waals surface area contributed by atoms with Crippen molar-refractivity contribution in [2.75, 3.05) is 10.6 Å². The standard InChI is InChI=1S/C19H19ClF3N3O/c20-16-7-6-13(19(21,22)23)9-17(16)26-18(27)12-8-15(11-24-10-12)25-14-4-2-1-3-5-14/h6-11,14,25H,1-5H2,(H,26,27). The van der Waals surface area contributed by atoms with Gasteiger partial charge in [-0.25, -0.2) is 0 Å². The molecule has 2 N–H and O–H groups in total. The average Bonchev–Trinajstić information content (AvgIpc) is 2.63. The van der Waals surface area contributed by atoms with E-state index in [1.54, 1.807) is 12.3 Å². The topological polar surface area (TPSA) is 54.0 Å². The molecule has 0 atom stereocenters. The van der Waals surface area contributed by atoms with Crippen molar-refractivity contribution >= 4 is 28.9 Å². The number of pyridine rings is 1. The highest BCUT2D eigenvalue weighted by Gasteiger charge is 2.31. The Morgan fingerprint density at radius 2 is 1.85 bits per heavy atom. The molecule has 1 fully saturated rings. The molecule has 1 aliphatic carbocycles. The Labute approximate surface area is 160 Å². The van der Waals surface area contributed by atoms with Crippen LogP contribution < -0.4 is 10.6 Å². The number of alkyl halides is 3. The van der Waals surface area contributed by atoms with Crippen molar-refractivity contribution in [3.63, 3.8) is 0 Å². The van der Waals surface area contributed by atoms with E-state index < -0.39 is 17.6 Å². The van der Waals surface area contributed by atoms with Crippen LogP contribution in [0.25, 0.3) is 0 Å². The summed E-state index contributed by atoms with van der Waals surface area (Å²) in [6.45, 7) is 0. The molecule has 0 unspecified atom stereocenters. The first-order valence-corrected chi connectivity index (χ1v) is 9.10. The summed E-state index contributed by atoms with van der Waals surface area (Å²) in [5.74, 6) is -0.573. The number of aromatic nitrogens is 1. The van der Waals surface area contributed by atoms with Crippen molar-refractivity contribution in [3.8, 4) is 0 Å². The van der Waals surface area contributed by atoms with Crippen LogP contribution in [0.2, 0.25) is 5.02 Å². The number of hydrogen-bond donors (Lipinski definition) is 2. The average molecular weight is 398 g/mol. The number of nitrogens with one attached hydrogen (secondary N) is 2. The molecule has 144 valence electrons. The number of halogens is 4. The normalized spacial score (nSPS) is 15.4. The molecular formula is C19H19ClF3N3O. The molecule has 4 nitrogen and oxygen atoms in total. The molecule has 3 rings (SSSR count). The first-order chi connectivity index (χ1) is 12.8. The minimum Gasteiger partial charge on any atom is -0.381 e. The Balaban J connectivity index is 1.74. The highest BCUT2D eigenvalue weighted by Crippen LogP contribution is 2.34. The number of nitrogens with zero attached hydrogens (tertiary/aromatic N) is 1. The Morgan fingerprint density at radius 3 is 2.56 bits per heavy atom. The summed E-state index contributed by atoms with van der Waals surface area (Å²) in [6, 6.07) is 4.78. The molecule has 1 aliphatic rings. The van der Waals surface area contributed by atoms with Crippen LogP contribution >= 0.6 is 11.6 Å². The van der Waals surface area contributed by atoms with E-state index in [0.29, 0.717) is 11.7 Å². The fourth-order valence-electron chi connectivity index (χ4n) is 3.12. The third-order valence-corrected chi connectivity index (χ3v) is 4.85. The van der Waals surface area contributed by atoms with Gasteiger partial charge in [0.2, 0.25) is 0 Å². The molecule has 2 aromatic rings. The van der Waals surface area contributed by atoms with Crippen molar-refractivity contribution in [2.45, 2.75) is 44.3 Å². The summed E-state index contributed by atoms with van der Waals surface area (Å²) in [5.41, 5.74) is -0.0239. The lowest BCUT2D eigenvalue weighted by molar-refractivity contribution is -0.137. The van der Waals surface area contributed by atoms with Gasteiger partial charge in [-0.15, -0.1) is 0 Å². The minimum atomic E-state index is -4.52. The SMILES string of the molecule is O=C(Nc1cc(C(F)(F)F)ccc1Cl)c1cncc(NC2CCCCC2)c1. The van der Waals surface area contributed by atoms with Gasteiger partial charge in [0, 0.05) is 18.4 Å². The maximum Gasteiger partial charge on any atom is 0.416 e. The van der Waals surface area contributed by atoms with Crippen LogP contribution in [0, 0.1) is 0 Å². The first-order valence-electron chi connectivity index (χ1n) is 8.72. The number of carbonyl (C=O) groups excluding carboxylic acids is 1. The number of anilines is 2. The Hall–Kier alpha value is -2.28. The third kappa shape index (κ3) is 5.13. The monoisotopic (exact) mass is 397 g/mol. The molecule has 8 heteroatoms. The van der Waals surface area contributed by atoms with Gasteiger partial charge in [0.15, 0.2) is 0 Å². The van der Waals surface area contributed by atoms with E-state index in [9.17, 15) is 18.0 Å². The van der Waals surface area contributed by atoms with Gasteiger partial charge in [-0.1, -0.05) is 30.9 Å². The molecule has 0 radical (unpaired) electrons. The predicted octanol–water partition coefficient (Wildman–Crippen LogP) is 5.75. The number of hydrogen-bond acceptors (Lipinski definition) is 3. The molecule has 0 aliphatic heterocycles. The molecule has 1 amide bonds. The summed E-state index contributed by atoms with van der Waals surface area (Å²) in [4.78, 5) is 16.5. The highest BCUT2D eigenvalue weighted by atomic mass is 35.5. The summed E-state index contributed by atoms with van der Waals surface area (Å²) in [7, 11) is 0. The van der Waals surface area contributed by atoms with Gasteiger partial charge >= 0.3 is 6.18 Å². The van der Waals surface area contributed by atoms with Gasteiger partial charge in [-0.05, 0) is 37.1 Å². The fourth-order valence-corrected chi connectivity index (χ4v) is 3.28. The van der Waals surface area contributed by atoms with Gasteiger partial charge in [-0.2, -0.15) is 13.2 Å².